The lowest BCUT2D eigenvalue weighted by molar-refractivity contribution is 0.420. The maximum Gasteiger partial charge on any atom is 0.134 e. The smallest absolute Gasteiger partial charge is 0.134 e. The summed E-state index contributed by atoms with van der Waals surface area (Å²) < 4.78 is 5.41. The molecule has 1 unspecified atom stereocenters. The average Bonchev–Trinajstić information content (AvgIpc) is 2.45. The minimum atomic E-state index is 0.418. The molecule has 0 bridgehead atoms. The second kappa shape index (κ2) is 6.60. The molecule has 3 heteroatoms. The summed E-state index contributed by atoms with van der Waals surface area (Å²) in [5.74, 6) is 2.57. The van der Waals surface area contributed by atoms with Gasteiger partial charge in [-0.3, -0.25) is 0 Å². The van der Waals surface area contributed by atoms with Crippen molar-refractivity contribution < 1.29 is 4.74 Å². The lowest BCUT2D eigenvalue weighted by atomic mass is 10.0. The third-order valence-electron chi connectivity index (χ3n) is 3.55. The normalized spacial score (nSPS) is 12.7. The zero-order valence-electron chi connectivity index (χ0n) is 12.8. The average molecular weight is 272 g/mol. The van der Waals surface area contributed by atoms with Gasteiger partial charge in [-0.1, -0.05) is 26.0 Å². The summed E-state index contributed by atoms with van der Waals surface area (Å²) in [4.78, 5) is 4.48. The lowest BCUT2D eigenvalue weighted by Gasteiger charge is -2.17. The van der Waals surface area contributed by atoms with Crippen LogP contribution in [-0.4, -0.2) is 18.1 Å². The summed E-state index contributed by atoms with van der Waals surface area (Å²) >= 11 is 0. The fourth-order valence-corrected chi connectivity index (χ4v) is 2.36. The van der Waals surface area contributed by atoms with E-state index in [1.807, 2.05) is 24.4 Å². The minimum absolute atomic E-state index is 0.418. The van der Waals surface area contributed by atoms with Crippen LogP contribution in [0, 0.1) is 5.92 Å². The predicted octanol–water partition coefficient (Wildman–Crippen LogP) is 4.48. The number of pyridine rings is 1. The molecule has 1 aromatic heterocycles. The van der Waals surface area contributed by atoms with Gasteiger partial charge in [0.25, 0.3) is 0 Å². The number of benzene rings is 1. The molecule has 1 atom stereocenters. The molecule has 0 aliphatic carbocycles. The van der Waals surface area contributed by atoms with Crippen molar-refractivity contribution in [3.63, 3.8) is 0 Å². The first-order chi connectivity index (χ1) is 9.61. The largest absolute Gasteiger partial charge is 0.496 e. The third-order valence-corrected chi connectivity index (χ3v) is 3.55. The van der Waals surface area contributed by atoms with E-state index in [0.29, 0.717) is 6.04 Å². The molecular weight excluding hydrogens is 248 g/mol. The Morgan fingerprint density at radius 3 is 2.60 bits per heavy atom. The van der Waals surface area contributed by atoms with E-state index in [2.05, 4.69) is 37.1 Å². The van der Waals surface area contributed by atoms with Crippen LogP contribution in [0.3, 0.4) is 0 Å². The molecule has 0 radical (unpaired) electrons. The van der Waals surface area contributed by atoms with E-state index in [-0.39, 0.29) is 0 Å². The molecule has 0 saturated carbocycles. The van der Waals surface area contributed by atoms with Crippen molar-refractivity contribution in [1.82, 2.24) is 4.98 Å². The Labute approximate surface area is 121 Å². The first kappa shape index (κ1) is 14.6. The van der Waals surface area contributed by atoms with Crippen molar-refractivity contribution in [1.29, 1.82) is 0 Å². The van der Waals surface area contributed by atoms with Crippen LogP contribution >= 0.6 is 0 Å². The molecule has 0 aliphatic rings. The number of methoxy groups -OCH3 is 1. The second-order valence-electron chi connectivity index (χ2n) is 5.73. The Hall–Kier alpha value is -1.77. The highest BCUT2D eigenvalue weighted by atomic mass is 16.5. The molecule has 2 aromatic rings. The molecule has 20 heavy (non-hydrogen) atoms. The first-order valence-electron chi connectivity index (χ1n) is 7.30. The summed E-state index contributed by atoms with van der Waals surface area (Å²) in [6.45, 7) is 6.73. The Kier molecular flexibility index (Phi) is 4.83. The van der Waals surface area contributed by atoms with Crippen molar-refractivity contribution in [2.75, 3.05) is 12.4 Å². The van der Waals surface area contributed by atoms with Crippen molar-refractivity contribution in [3.05, 3.63) is 30.5 Å². The predicted molar refractivity (Wildman–Crippen MR) is 85.5 cm³/mol. The minimum Gasteiger partial charge on any atom is -0.496 e. The van der Waals surface area contributed by atoms with E-state index in [1.54, 1.807) is 7.11 Å². The Bertz CT molecular complexity index is 566. The van der Waals surface area contributed by atoms with E-state index in [9.17, 15) is 0 Å². The number of hydrogen-bond donors (Lipinski definition) is 1. The van der Waals surface area contributed by atoms with Gasteiger partial charge >= 0.3 is 0 Å². The molecule has 3 nitrogen and oxygen atoms in total. The molecule has 0 saturated heterocycles. The zero-order chi connectivity index (χ0) is 14.5. The van der Waals surface area contributed by atoms with Crippen LogP contribution in [-0.2, 0) is 0 Å². The number of fused-ring (bicyclic) bond motifs is 1. The molecule has 1 heterocycles. The van der Waals surface area contributed by atoms with Gasteiger partial charge in [0.2, 0.25) is 0 Å². The number of nitrogens with zero attached hydrogens (tertiary/aromatic N) is 1. The molecule has 0 spiro atoms. The summed E-state index contributed by atoms with van der Waals surface area (Å²) in [5, 5.41) is 5.74. The summed E-state index contributed by atoms with van der Waals surface area (Å²) in [6, 6.07) is 8.49. The molecule has 1 N–H and O–H groups in total. The zero-order valence-corrected chi connectivity index (χ0v) is 12.8. The first-order valence-corrected chi connectivity index (χ1v) is 7.30. The molecule has 0 aliphatic heterocycles. The van der Waals surface area contributed by atoms with Gasteiger partial charge in [0.1, 0.15) is 11.6 Å². The van der Waals surface area contributed by atoms with Gasteiger partial charge in [0, 0.05) is 23.0 Å². The molecule has 2 rings (SSSR count). The van der Waals surface area contributed by atoms with Gasteiger partial charge in [-0.05, 0) is 37.8 Å². The molecular formula is C17H24N2O. The quantitative estimate of drug-likeness (QED) is 0.842. The van der Waals surface area contributed by atoms with E-state index >= 15 is 0 Å². The Balaban J connectivity index is 2.22. The second-order valence-corrected chi connectivity index (χ2v) is 5.73. The monoisotopic (exact) mass is 272 g/mol. The summed E-state index contributed by atoms with van der Waals surface area (Å²) in [5.41, 5.74) is 0. The fourth-order valence-electron chi connectivity index (χ4n) is 2.36. The summed E-state index contributed by atoms with van der Waals surface area (Å²) in [6.07, 6.45) is 4.21. The maximum atomic E-state index is 5.41. The van der Waals surface area contributed by atoms with Gasteiger partial charge in [-0.2, -0.15) is 0 Å². The van der Waals surface area contributed by atoms with E-state index in [0.717, 1.165) is 34.7 Å². The third kappa shape index (κ3) is 3.41. The van der Waals surface area contributed by atoms with Gasteiger partial charge in [-0.25, -0.2) is 4.98 Å². The van der Waals surface area contributed by atoms with Crippen LogP contribution in [0.5, 0.6) is 5.75 Å². The highest BCUT2D eigenvalue weighted by molar-refractivity contribution is 5.95. The van der Waals surface area contributed by atoms with Gasteiger partial charge in [0.05, 0.1) is 7.11 Å². The number of nitrogens with one attached hydrogen (secondary N) is 1. The molecule has 108 valence electrons. The number of hydrogen-bond acceptors (Lipinski definition) is 3. The standard InChI is InChI=1S/C17H24N2O/c1-12(2)8-9-13(3)19-17-15-6-5-7-16(20-4)14(15)10-11-18-17/h5-7,10-13H,8-9H2,1-4H3,(H,18,19). The van der Waals surface area contributed by atoms with Crippen LogP contribution in [0.2, 0.25) is 0 Å². The van der Waals surface area contributed by atoms with Crippen LogP contribution < -0.4 is 10.1 Å². The number of rotatable bonds is 6. The number of ether oxygens (including phenoxy) is 1. The van der Waals surface area contributed by atoms with Gasteiger partial charge in [0.15, 0.2) is 0 Å². The van der Waals surface area contributed by atoms with Gasteiger partial charge < -0.3 is 10.1 Å². The highest BCUT2D eigenvalue weighted by Crippen LogP contribution is 2.29. The lowest BCUT2D eigenvalue weighted by Crippen LogP contribution is -2.16. The van der Waals surface area contributed by atoms with E-state index in [4.69, 9.17) is 4.74 Å². The number of aromatic nitrogens is 1. The molecule has 1 aromatic carbocycles. The summed E-state index contributed by atoms with van der Waals surface area (Å²) in [7, 11) is 1.70. The van der Waals surface area contributed by atoms with Crippen LogP contribution in [0.1, 0.15) is 33.6 Å². The maximum absolute atomic E-state index is 5.41. The molecule has 0 fully saturated rings. The Morgan fingerprint density at radius 1 is 1.10 bits per heavy atom. The van der Waals surface area contributed by atoms with E-state index < -0.39 is 0 Å². The van der Waals surface area contributed by atoms with Crippen LogP contribution in [0.25, 0.3) is 10.8 Å². The van der Waals surface area contributed by atoms with Crippen molar-refractivity contribution >= 4 is 16.6 Å². The topological polar surface area (TPSA) is 34.1 Å². The van der Waals surface area contributed by atoms with E-state index in [1.165, 1.54) is 6.42 Å². The SMILES string of the molecule is COc1cccc2c(NC(C)CCC(C)C)nccc12. The number of anilines is 1. The van der Waals surface area contributed by atoms with Crippen molar-refractivity contribution in [2.24, 2.45) is 5.92 Å². The van der Waals surface area contributed by atoms with Crippen molar-refractivity contribution in [3.8, 4) is 5.75 Å². The fraction of sp³-hybridized carbons (Fsp3) is 0.471. The van der Waals surface area contributed by atoms with Crippen LogP contribution in [0.15, 0.2) is 30.5 Å². The molecule has 0 amide bonds. The van der Waals surface area contributed by atoms with Crippen LogP contribution in [0.4, 0.5) is 5.82 Å². The van der Waals surface area contributed by atoms with Gasteiger partial charge in [-0.15, -0.1) is 0 Å². The highest BCUT2D eigenvalue weighted by Gasteiger charge is 2.09. The van der Waals surface area contributed by atoms with Crippen molar-refractivity contribution in [2.45, 2.75) is 39.7 Å². The Morgan fingerprint density at radius 2 is 1.90 bits per heavy atom.